The molecule has 3 rings (SSSR count). The lowest BCUT2D eigenvalue weighted by molar-refractivity contribution is -0.116. The highest BCUT2D eigenvalue weighted by Crippen LogP contribution is 2.22. The summed E-state index contributed by atoms with van der Waals surface area (Å²) in [6, 6.07) is 13.4. The van der Waals surface area contributed by atoms with Crippen LogP contribution in [-0.2, 0) is 4.79 Å². The summed E-state index contributed by atoms with van der Waals surface area (Å²) in [5.41, 5.74) is 1.34. The Morgan fingerprint density at radius 2 is 1.65 bits per heavy atom. The number of anilines is 1. The average molecular weight is 329 g/mol. The van der Waals surface area contributed by atoms with Crippen molar-refractivity contribution in [2.24, 2.45) is 0 Å². The Bertz CT molecular complexity index is 769. The van der Waals surface area contributed by atoms with Gasteiger partial charge in [-0.3, -0.25) is 19.3 Å². The van der Waals surface area contributed by atoms with Crippen LogP contribution in [0.2, 0.25) is 5.02 Å². The SMILES string of the molecule is O=C(CCN1C(=O)c2ccccc2C1=O)Nc1cccc(Cl)c1. The van der Waals surface area contributed by atoms with E-state index >= 15 is 0 Å². The van der Waals surface area contributed by atoms with Gasteiger partial charge in [0.15, 0.2) is 0 Å². The molecule has 0 atom stereocenters. The number of nitrogens with zero attached hydrogens (tertiary/aromatic N) is 1. The van der Waals surface area contributed by atoms with Crippen molar-refractivity contribution in [3.05, 3.63) is 64.7 Å². The third-order valence-electron chi connectivity index (χ3n) is 3.55. The molecule has 1 aliphatic heterocycles. The van der Waals surface area contributed by atoms with E-state index in [-0.39, 0.29) is 30.7 Å². The lowest BCUT2D eigenvalue weighted by Crippen LogP contribution is -2.32. The molecule has 3 amide bonds. The van der Waals surface area contributed by atoms with E-state index in [1.54, 1.807) is 48.5 Å². The molecule has 0 radical (unpaired) electrons. The molecule has 23 heavy (non-hydrogen) atoms. The van der Waals surface area contributed by atoms with E-state index in [0.717, 1.165) is 4.90 Å². The van der Waals surface area contributed by atoms with Gasteiger partial charge in [-0.25, -0.2) is 0 Å². The van der Waals surface area contributed by atoms with Crippen LogP contribution < -0.4 is 5.32 Å². The number of rotatable bonds is 4. The number of imide groups is 1. The lowest BCUT2D eigenvalue weighted by Gasteiger charge is -2.13. The van der Waals surface area contributed by atoms with E-state index in [9.17, 15) is 14.4 Å². The van der Waals surface area contributed by atoms with Crippen molar-refractivity contribution in [2.45, 2.75) is 6.42 Å². The number of fused-ring (bicyclic) bond motifs is 1. The first-order valence-corrected chi connectivity index (χ1v) is 7.45. The first-order chi connectivity index (χ1) is 11.1. The number of nitrogens with one attached hydrogen (secondary N) is 1. The number of amides is 3. The smallest absolute Gasteiger partial charge is 0.261 e. The topological polar surface area (TPSA) is 66.5 Å². The molecule has 1 heterocycles. The highest BCUT2D eigenvalue weighted by atomic mass is 35.5. The zero-order valence-corrected chi connectivity index (χ0v) is 12.8. The Labute approximate surface area is 137 Å². The van der Waals surface area contributed by atoms with Crippen LogP contribution in [0.1, 0.15) is 27.1 Å². The number of hydrogen-bond donors (Lipinski definition) is 1. The molecule has 2 aromatic carbocycles. The van der Waals surface area contributed by atoms with E-state index in [2.05, 4.69) is 5.32 Å². The number of carbonyl (C=O) groups is 3. The van der Waals surface area contributed by atoms with Gasteiger partial charge in [0.05, 0.1) is 11.1 Å². The molecule has 0 saturated heterocycles. The van der Waals surface area contributed by atoms with E-state index in [1.807, 2.05) is 0 Å². The van der Waals surface area contributed by atoms with Crippen molar-refractivity contribution in [3.63, 3.8) is 0 Å². The van der Waals surface area contributed by atoms with Crippen molar-refractivity contribution >= 4 is 35.0 Å². The van der Waals surface area contributed by atoms with Crippen LogP contribution in [0.5, 0.6) is 0 Å². The molecular weight excluding hydrogens is 316 g/mol. The Morgan fingerprint density at radius 1 is 1.00 bits per heavy atom. The molecule has 0 bridgehead atoms. The van der Waals surface area contributed by atoms with Gasteiger partial charge in [-0.2, -0.15) is 0 Å². The fourth-order valence-electron chi connectivity index (χ4n) is 2.45. The summed E-state index contributed by atoms with van der Waals surface area (Å²) in [6.07, 6.45) is 0.0258. The van der Waals surface area contributed by atoms with Crippen LogP contribution >= 0.6 is 11.6 Å². The second-order valence-electron chi connectivity index (χ2n) is 5.12. The Balaban J connectivity index is 1.62. The fourth-order valence-corrected chi connectivity index (χ4v) is 2.64. The van der Waals surface area contributed by atoms with Crippen molar-refractivity contribution in [1.29, 1.82) is 0 Å². The standard InChI is InChI=1S/C17H13ClN2O3/c18-11-4-3-5-12(10-11)19-15(21)8-9-20-16(22)13-6-1-2-7-14(13)17(20)23/h1-7,10H,8-9H2,(H,19,21). The molecule has 5 nitrogen and oxygen atoms in total. The molecule has 0 spiro atoms. The number of halogens is 1. The number of benzene rings is 2. The van der Waals surface area contributed by atoms with E-state index in [1.165, 1.54) is 0 Å². The van der Waals surface area contributed by atoms with Gasteiger partial charge < -0.3 is 5.32 Å². The molecule has 6 heteroatoms. The van der Waals surface area contributed by atoms with Gasteiger partial charge in [0.2, 0.25) is 5.91 Å². The maximum absolute atomic E-state index is 12.2. The zero-order valence-electron chi connectivity index (χ0n) is 12.1. The first-order valence-electron chi connectivity index (χ1n) is 7.07. The summed E-state index contributed by atoms with van der Waals surface area (Å²) in [6.45, 7) is 0.0404. The van der Waals surface area contributed by atoms with Crippen LogP contribution in [0.25, 0.3) is 0 Å². The van der Waals surface area contributed by atoms with Gasteiger partial charge in [0.25, 0.3) is 11.8 Å². The molecule has 0 unspecified atom stereocenters. The van der Waals surface area contributed by atoms with Gasteiger partial charge in [-0.15, -0.1) is 0 Å². The Morgan fingerprint density at radius 3 is 2.26 bits per heavy atom. The largest absolute Gasteiger partial charge is 0.326 e. The maximum Gasteiger partial charge on any atom is 0.261 e. The summed E-state index contributed by atoms with van der Waals surface area (Å²) in [5.74, 6) is -1.01. The van der Waals surface area contributed by atoms with Crippen LogP contribution in [0.15, 0.2) is 48.5 Å². The average Bonchev–Trinajstić information content (AvgIpc) is 2.77. The molecule has 0 aliphatic carbocycles. The van der Waals surface area contributed by atoms with Crippen molar-refractivity contribution < 1.29 is 14.4 Å². The molecule has 1 aliphatic rings. The molecule has 0 fully saturated rings. The van der Waals surface area contributed by atoms with Crippen molar-refractivity contribution in [2.75, 3.05) is 11.9 Å². The molecule has 0 aromatic heterocycles. The summed E-state index contributed by atoms with van der Waals surface area (Å²) < 4.78 is 0. The molecule has 116 valence electrons. The monoisotopic (exact) mass is 328 g/mol. The van der Waals surface area contributed by atoms with Gasteiger partial charge in [0.1, 0.15) is 0 Å². The normalized spacial score (nSPS) is 13.2. The predicted octanol–water partition coefficient (Wildman–Crippen LogP) is 2.96. The predicted molar refractivity (Wildman–Crippen MR) is 86.5 cm³/mol. The van der Waals surface area contributed by atoms with Crippen LogP contribution in [-0.4, -0.2) is 29.2 Å². The van der Waals surface area contributed by atoms with Crippen molar-refractivity contribution in [3.8, 4) is 0 Å². The lowest BCUT2D eigenvalue weighted by atomic mass is 10.1. The summed E-state index contributed by atoms with van der Waals surface area (Å²) in [7, 11) is 0. The number of carbonyl (C=O) groups excluding carboxylic acids is 3. The minimum atomic E-state index is -0.360. The van der Waals surface area contributed by atoms with Crippen LogP contribution in [0, 0.1) is 0 Å². The minimum absolute atomic E-state index is 0.0258. The van der Waals surface area contributed by atoms with E-state index < -0.39 is 0 Å². The zero-order chi connectivity index (χ0) is 16.4. The van der Waals surface area contributed by atoms with Crippen LogP contribution in [0.4, 0.5) is 5.69 Å². The van der Waals surface area contributed by atoms with Gasteiger partial charge in [-0.05, 0) is 30.3 Å². The third kappa shape index (κ3) is 3.10. The van der Waals surface area contributed by atoms with Gasteiger partial charge in [0, 0.05) is 23.7 Å². The highest BCUT2D eigenvalue weighted by Gasteiger charge is 2.34. The third-order valence-corrected chi connectivity index (χ3v) is 3.78. The second-order valence-corrected chi connectivity index (χ2v) is 5.55. The van der Waals surface area contributed by atoms with E-state index in [4.69, 9.17) is 11.6 Å². The van der Waals surface area contributed by atoms with E-state index in [0.29, 0.717) is 21.8 Å². The quantitative estimate of drug-likeness (QED) is 0.877. The van der Waals surface area contributed by atoms with Gasteiger partial charge in [-0.1, -0.05) is 29.8 Å². The fraction of sp³-hybridized carbons (Fsp3) is 0.118. The summed E-state index contributed by atoms with van der Waals surface area (Å²) in [4.78, 5) is 37.4. The molecular formula is C17H13ClN2O3. The molecule has 2 aromatic rings. The summed E-state index contributed by atoms with van der Waals surface area (Å²) in [5, 5.41) is 3.20. The summed E-state index contributed by atoms with van der Waals surface area (Å²) >= 11 is 5.85. The highest BCUT2D eigenvalue weighted by molar-refractivity contribution is 6.30. The van der Waals surface area contributed by atoms with Crippen molar-refractivity contribution in [1.82, 2.24) is 4.90 Å². The Kier molecular flexibility index (Phi) is 4.12. The van der Waals surface area contributed by atoms with Gasteiger partial charge >= 0.3 is 0 Å². The molecule has 0 saturated carbocycles. The number of hydrogen-bond acceptors (Lipinski definition) is 3. The molecule has 1 N–H and O–H groups in total. The first kappa shape index (κ1) is 15.2. The van der Waals surface area contributed by atoms with Crippen LogP contribution in [0.3, 0.4) is 0 Å². The maximum atomic E-state index is 12.2. The Hall–Kier alpha value is -2.66. The minimum Gasteiger partial charge on any atom is -0.326 e. The second kappa shape index (κ2) is 6.22.